The lowest BCUT2D eigenvalue weighted by Crippen LogP contribution is -2.26. The number of benzene rings is 3. The quantitative estimate of drug-likeness (QED) is 0.547. The Morgan fingerprint density at radius 1 is 1.00 bits per heavy atom. The number of nitrogens with one attached hydrogen (secondary N) is 1. The molecular formula is C23H20FN3O. The molecule has 140 valence electrons. The SMILES string of the molecule is CCn1c(C(=O)NCc2ccccc2F)nc2c(-c3ccccc3)cccc21. The number of aromatic nitrogens is 2. The minimum absolute atomic E-state index is 0.115. The molecular weight excluding hydrogens is 353 g/mol. The highest BCUT2D eigenvalue weighted by atomic mass is 19.1. The molecule has 0 saturated heterocycles. The number of halogens is 1. The molecule has 0 aliphatic heterocycles. The van der Waals surface area contributed by atoms with Crippen LogP contribution in [0.3, 0.4) is 0 Å². The Balaban J connectivity index is 1.71. The Hall–Kier alpha value is -3.47. The average Bonchev–Trinajstić information content (AvgIpc) is 3.12. The van der Waals surface area contributed by atoms with Crippen LogP contribution in [-0.4, -0.2) is 15.5 Å². The van der Waals surface area contributed by atoms with Gasteiger partial charge < -0.3 is 9.88 Å². The maximum atomic E-state index is 13.8. The second-order valence-electron chi connectivity index (χ2n) is 6.49. The molecule has 1 amide bonds. The normalized spacial score (nSPS) is 10.9. The van der Waals surface area contributed by atoms with Crippen molar-refractivity contribution in [3.05, 3.63) is 90.0 Å². The Morgan fingerprint density at radius 3 is 2.50 bits per heavy atom. The van der Waals surface area contributed by atoms with Gasteiger partial charge in [0, 0.05) is 24.2 Å². The van der Waals surface area contributed by atoms with E-state index in [9.17, 15) is 9.18 Å². The number of amides is 1. The number of para-hydroxylation sites is 1. The molecule has 4 aromatic rings. The van der Waals surface area contributed by atoms with Crippen LogP contribution in [0.5, 0.6) is 0 Å². The lowest BCUT2D eigenvalue weighted by atomic mass is 10.0. The van der Waals surface area contributed by atoms with Gasteiger partial charge in [-0.3, -0.25) is 4.79 Å². The summed E-state index contributed by atoms with van der Waals surface area (Å²) in [7, 11) is 0. The number of nitrogens with zero attached hydrogens (tertiary/aromatic N) is 2. The minimum Gasteiger partial charge on any atom is -0.345 e. The average molecular weight is 373 g/mol. The van der Waals surface area contributed by atoms with Crippen molar-refractivity contribution in [1.82, 2.24) is 14.9 Å². The molecule has 0 unspecified atom stereocenters. The van der Waals surface area contributed by atoms with Crippen LogP contribution >= 0.6 is 0 Å². The highest BCUT2D eigenvalue weighted by Crippen LogP contribution is 2.28. The standard InChI is InChI=1S/C23H20FN3O/c1-2-27-20-14-8-12-18(16-9-4-3-5-10-16)21(20)26-22(27)23(28)25-15-17-11-6-7-13-19(17)24/h3-14H,2,15H2,1H3,(H,25,28). The maximum absolute atomic E-state index is 13.8. The number of carbonyl (C=O) groups excluding carboxylic acids is 1. The van der Waals surface area contributed by atoms with E-state index >= 15 is 0 Å². The number of rotatable bonds is 5. The third kappa shape index (κ3) is 3.27. The van der Waals surface area contributed by atoms with Crippen LogP contribution in [0.2, 0.25) is 0 Å². The van der Waals surface area contributed by atoms with Gasteiger partial charge in [-0.05, 0) is 24.6 Å². The van der Waals surface area contributed by atoms with E-state index in [1.54, 1.807) is 18.2 Å². The van der Waals surface area contributed by atoms with Crippen molar-refractivity contribution < 1.29 is 9.18 Å². The predicted octanol–water partition coefficient (Wildman–Crippen LogP) is 4.79. The van der Waals surface area contributed by atoms with Gasteiger partial charge in [0.2, 0.25) is 0 Å². The van der Waals surface area contributed by atoms with Crippen molar-refractivity contribution in [2.75, 3.05) is 0 Å². The van der Waals surface area contributed by atoms with Crippen molar-refractivity contribution >= 4 is 16.9 Å². The van der Waals surface area contributed by atoms with Gasteiger partial charge in [0.25, 0.3) is 5.91 Å². The molecule has 0 aliphatic carbocycles. The Labute approximate surface area is 162 Å². The van der Waals surface area contributed by atoms with Crippen LogP contribution in [0.1, 0.15) is 23.1 Å². The minimum atomic E-state index is -0.335. The van der Waals surface area contributed by atoms with Gasteiger partial charge in [-0.25, -0.2) is 9.37 Å². The van der Waals surface area contributed by atoms with Gasteiger partial charge in [-0.15, -0.1) is 0 Å². The van der Waals surface area contributed by atoms with E-state index in [4.69, 9.17) is 0 Å². The van der Waals surface area contributed by atoms with Crippen LogP contribution in [0, 0.1) is 5.82 Å². The second-order valence-corrected chi connectivity index (χ2v) is 6.49. The Morgan fingerprint density at radius 2 is 1.75 bits per heavy atom. The van der Waals surface area contributed by atoms with Crippen molar-refractivity contribution in [3.63, 3.8) is 0 Å². The number of imidazole rings is 1. The Bertz CT molecular complexity index is 1140. The molecule has 28 heavy (non-hydrogen) atoms. The lowest BCUT2D eigenvalue weighted by molar-refractivity contribution is 0.0936. The zero-order valence-corrected chi connectivity index (χ0v) is 15.5. The van der Waals surface area contributed by atoms with Gasteiger partial charge in [-0.1, -0.05) is 60.7 Å². The van der Waals surface area contributed by atoms with Gasteiger partial charge in [0.1, 0.15) is 5.82 Å². The smallest absolute Gasteiger partial charge is 0.287 e. The lowest BCUT2D eigenvalue weighted by Gasteiger charge is -2.08. The number of carbonyl (C=O) groups is 1. The first kappa shape index (κ1) is 17.9. The summed E-state index contributed by atoms with van der Waals surface area (Å²) < 4.78 is 15.7. The first-order valence-corrected chi connectivity index (χ1v) is 9.25. The summed E-state index contributed by atoms with van der Waals surface area (Å²) in [5.74, 6) is -0.323. The summed E-state index contributed by atoms with van der Waals surface area (Å²) in [4.78, 5) is 17.5. The number of hydrogen-bond acceptors (Lipinski definition) is 2. The van der Waals surface area contributed by atoms with Crippen molar-refractivity contribution in [1.29, 1.82) is 0 Å². The van der Waals surface area contributed by atoms with E-state index in [-0.39, 0.29) is 18.3 Å². The fourth-order valence-corrected chi connectivity index (χ4v) is 3.39. The molecule has 0 fully saturated rings. The van der Waals surface area contributed by atoms with Crippen LogP contribution in [0.15, 0.2) is 72.8 Å². The monoisotopic (exact) mass is 373 g/mol. The van der Waals surface area contributed by atoms with Crippen molar-refractivity contribution in [2.45, 2.75) is 20.0 Å². The summed E-state index contributed by atoms with van der Waals surface area (Å²) in [6.07, 6.45) is 0. The highest BCUT2D eigenvalue weighted by molar-refractivity contribution is 5.99. The summed E-state index contributed by atoms with van der Waals surface area (Å²) in [6, 6.07) is 22.3. The third-order valence-corrected chi connectivity index (χ3v) is 4.78. The molecule has 0 bridgehead atoms. The molecule has 1 heterocycles. The summed E-state index contributed by atoms with van der Waals surface area (Å²) in [5.41, 5.74) is 4.16. The summed E-state index contributed by atoms with van der Waals surface area (Å²) in [6.45, 7) is 2.70. The van der Waals surface area contributed by atoms with E-state index in [0.717, 1.165) is 22.2 Å². The molecule has 1 N–H and O–H groups in total. The molecule has 0 radical (unpaired) electrons. The maximum Gasteiger partial charge on any atom is 0.287 e. The molecule has 0 atom stereocenters. The molecule has 0 aliphatic rings. The zero-order chi connectivity index (χ0) is 19.5. The Kier molecular flexibility index (Phi) is 4.89. The molecule has 1 aromatic heterocycles. The highest BCUT2D eigenvalue weighted by Gasteiger charge is 2.19. The topological polar surface area (TPSA) is 46.9 Å². The summed E-state index contributed by atoms with van der Waals surface area (Å²) >= 11 is 0. The van der Waals surface area contributed by atoms with E-state index in [0.29, 0.717) is 17.9 Å². The third-order valence-electron chi connectivity index (χ3n) is 4.78. The molecule has 0 saturated carbocycles. The molecule has 3 aromatic carbocycles. The van der Waals surface area contributed by atoms with E-state index < -0.39 is 0 Å². The van der Waals surface area contributed by atoms with Crippen LogP contribution in [0.4, 0.5) is 4.39 Å². The number of aryl methyl sites for hydroxylation is 1. The van der Waals surface area contributed by atoms with Crippen LogP contribution < -0.4 is 5.32 Å². The van der Waals surface area contributed by atoms with Gasteiger partial charge in [0.15, 0.2) is 5.82 Å². The number of hydrogen-bond donors (Lipinski definition) is 1. The largest absolute Gasteiger partial charge is 0.345 e. The fraction of sp³-hybridized carbons (Fsp3) is 0.130. The summed E-state index contributed by atoms with van der Waals surface area (Å²) in [5, 5.41) is 2.79. The van der Waals surface area contributed by atoms with Crippen molar-refractivity contribution in [3.8, 4) is 11.1 Å². The van der Waals surface area contributed by atoms with Gasteiger partial charge >= 0.3 is 0 Å². The van der Waals surface area contributed by atoms with E-state index in [1.165, 1.54) is 6.07 Å². The predicted molar refractivity (Wildman–Crippen MR) is 108 cm³/mol. The first-order chi connectivity index (χ1) is 13.7. The first-order valence-electron chi connectivity index (χ1n) is 9.25. The zero-order valence-electron chi connectivity index (χ0n) is 15.5. The van der Waals surface area contributed by atoms with Crippen LogP contribution in [0.25, 0.3) is 22.2 Å². The van der Waals surface area contributed by atoms with Crippen molar-refractivity contribution in [2.24, 2.45) is 0 Å². The molecule has 0 spiro atoms. The van der Waals surface area contributed by atoms with E-state index in [2.05, 4.69) is 10.3 Å². The molecule has 4 rings (SSSR count). The molecule has 5 heteroatoms. The van der Waals surface area contributed by atoms with E-state index in [1.807, 2.05) is 60.0 Å². The van der Waals surface area contributed by atoms with Crippen LogP contribution in [-0.2, 0) is 13.1 Å². The number of fused-ring (bicyclic) bond motifs is 1. The molecule has 4 nitrogen and oxygen atoms in total. The van der Waals surface area contributed by atoms with Gasteiger partial charge in [-0.2, -0.15) is 0 Å². The fourth-order valence-electron chi connectivity index (χ4n) is 3.39. The van der Waals surface area contributed by atoms with Gasteiger partial charge in [0.05, 0.1) is 11.0 Å². The second kappa shape index (κ2) is 7.64.